The lowest BCUT2D eigenvalue weighted by Gasteiger charge is -2.13. The van der Waals surface area contributed by atoms with Crippen molar-refractivity contribution in [1.82, 2.24) is 5.32 Å². The van der Waals surface area contributed by atoms with Crippen LogP contribution in [0.4, 0.5) is 0 Å². The molecule has 19 heavy (non-hydrogen) atoms. The second kappa shape index (κ2) is 9.68. The van der Waals surface area contributed by atoms with Crippen LogP contribution in [0.1, 0.15) is 45.6 Å². The topological polar surface area (TPSA) is 12.0 Å². The lowest BCUT2D eigenvalue weighted by Crippen LogP contribution is -2.19. The van der Waals surface area contributed by atoms with Crippen molar-refractivity contribution in [3.05, 3.63) is 28.8 Å². The molecule has 0 bridgehead atoms. The standard InChI is InChI=1S/C16H26ClNS/c1-4-5-6-10-19-16-14(8-7-9-15(16)17)12-18-11-13(2)3/h7-9,13,18H,4-6,10-12H2,1-3H3. The summed E-state index contributed by atoms with van der Waals surface area (Å²) >= 11 is 8.24. The summed E-state index contributed by atoms with van der Waals surface area (Å²) in [6.45, 7) is 8.65. The number of hydrogen-bond acceptors (Lipinski definition) is 2. The fraction of sp³-hybridized carbons (Fsp3) is 0.625. The van der Waals surface area contributed by atoms with Crippen LogP contribution >= 0.6 is 23.4 Å². The Balaban J connectivity index is 2.56. The number of thioether (sulfide) groups is 1. The van der Waals surface area contributed by atoms with Gasteiger partial charge in [0.1, 0.15) is 0 Å². The molecule has 1 aromatic rings. The summed E-state index contributed by atoms with van der Waals surface area (Å²) in [7, 11) is 0. The average Bonchev–Trinajstić information content (AvgIpc) is 2.36. The summed E-state index contributed by atoms with van der Waals surface area (Å²) in [5.74, 6) is 1.84. The Hall–Kier alpha value is -0.180. The SMILES string of the molecule is CCCCCSc1c(Cl)cccc1CNCC(C)C. The maximum Gasteiger partial charge on any atom is 0.0545 e. The van der Waals surface area contributed by atoms with Gasteiger partial charge in [0, 0.05) is 11.4 Å². The van der Waals surface area contributed by atoms with Gasteiger partial charge in [-0.1, -0.05) is 57.3 Å². The molecule has 108 valence electrons. The van der Waals surface area contributed by atoms with E-state index in [4.69, 9.17) is 11.6 Å². The van der Waals surface area contributed by atoms with Crippen molar-refractivity contribution >= 4 is 23.4 Å². The highest BCUT2D eigenvalue weighted by atomic mass is 35.5. The number of hydrogen-bond donors (Lipinski definition) is 1. The molecule has 0 aliphatic rings. The minimum atomic E-state index is 0.680. The van der Waals surface area contributed by atoms with Gasteiger partial charge in [-0.3, -0.25) is 0 Å². The van der Waals surface area contributed by atoms with Crippen LogP contribution in [0.15, 0.2) is 23.1 Å². The molecular weight excluding hydrogens is 274 g/mol. The quantitative estimate of drug-likeness (QED) is 0.486. The second-order valence-electron chi connectivity index (χ2n) is 5.31. The molecule has 0 saturated heterocycles. The van der Waals surface area contributed by atoms with Gasteiger partial charge in [-0.25, -0.2) is 0 Å². The fourth-order valence-electron chi connectivity index (χ4n) is 1.88. The molecule has 0 aromatic heterocycles. The molecule has 0 radical (unpaired) electrons. The van der Waals surface area contributed by atoms with E-state index in [2.05, 4.69) is 32.2 Å². The number of unbranched alkanes of at least 4 members (excludes halogenated alkanes) is 2. The largest absolute Gasteiger partial charge is 0.312 e. The number of rotatable bonds is 9. The van der Waals surface area contributed by atoms with Gasteiger partial charge in [0.15, 0.2) is 0 Å². The Morgan fingerprint density at radius 2 is 2.05 bits per heavy atom. The second-order valence-corrected chi connectivity index (χ2v) is 6.82. The Morgan fingerprint density at radius 3 is 2.74 bits per heavy atom. The summed E-state index contributed by atoms with van der Waals surface area (Å²) in [5.41, 5.74) is 1.33. The molecule has 0 amide bonds. The van der Waals surface area contributed by atoms with Gasteiger partial charge >= 0.3 is 0 Å². The van der Waals surface area contributed by atoms with E-state index in [9.17, 15) is 0 Å². The molecule has 0 atom stereocenters. The van der Waals surface area contributed by atoms with Gasteiger partial charge in [-0.05, 0) is 36.3 Å². The van der Waals surface area contributed by atoms with Gasteiger partial charge in [0.05, 0.1) is 5.02 Å². The first-order valence-corrected chi connectivity index (χ1v) is 8.62. The molecule has 0 aliphatic carbocycles. The molecule has 0 saturated carbocycles. The fourth-order valence-corrected chi connectivity index (χ4v) is 3.32. The van der Waals surface area contributed by atoms with Crippen LogP contribution in [0, 0.1) is 5.92 Å². The van der Waals surface area contributed by atoms with Gasteiger partial charge in [-0.2, -0.15) is 0 Å². The molecule has 1 N–H and O–H groups in total. The predicted molar refractivity (Wildman–Crippen MR) is 88.2 cm³/mol. The van der Waals surface area contributed by atoms with E-state index in [1.165, 1.54) is 29.7 Å². The van der Waals surface area contributed by atoms with Crippen molar-refractivity contribution in [2.45, 2.75) is 51.5 Å². The van der Waals surface area contributed by atoms with Crippen LogP contribution in [0.5, 0.6) is 0 Å². The third kappa shape index (κ3) is 6.69. The van der Waals surface area contributed by atoms with Crippen molar-refractivity contribution < 1.29 is 0 Å². The van der Waals surface area contributed by atoms with Crippen molar-refractivity contribution in [2.24, 2.45) is 5.92 Å². The Bertz CT molecular complexity index is 366. The van der Waals surface area contributed by atoms with Crippen molar-refractivity contribution in [3.63, 3.8) is 0 Å². The smallest absolute Gasteiger partial charge is 0.0545 e. The summed E-state index contributed by atoms with van der Waals surface area (Å²) in [6.07, 6.45) is 3.84. The average molecular weight is 300 g/mol. The Labute approximate surface area is 127 Å². The summed E-state index contributed by atoms with van der Waals surface area (Å²) in [6, 6.07) is 6.22. The summed E-state index contributed by atoms with van der Waals surface area (Å²) in [5, 5.41) is 4.39. The molecular formula is C16H26ClNS. The minimum absolute atomic E-state index is 0.680. The van der Waals surface area contributed by atoms with Crippen LogP contribution in [0.25, 0.3) is 0 Å². The van der Waals surface area contributed by atoms with E-state index in [0.717, 1.165) is 23.9 Å². The number of halogens is 1. The lowest BCUT2D eigenvalue weighted by molar-refractivity contribution is 0.550. The third-order valence-corrected chi connectivity index (χ3v) is 4.60. The van der Waals surface area contributed by atoms with Crippen LogP contribution in [-0.4, -0.2) is 12.3 Å². The molecule has 1 nitrogen and oxygen atoms in total. The highest BCUT2D eigenvalue weighted by Crippen LogP contribution is 2.31. The van der Waals surface area contributed by atoms with Crippen molar-refractivity contribution in [3.8, 4) is 0 Å². The number of nitrogens with one attached hydrogen (secondary N) is 1. The molecule has 0 spiro atoms. The molecule has 1 rings (SSSR count). The normalized spacial score (nSPS) is 11.2. The first kappa shape index (κ1) is 16.9. The molecule has 0 heterocycles. The maximum absolute atomic E-state index is 6.34. The van der Waals surface area contributed by atoms with Crippen LogP contribution in [0.3, 0.4) is 0 Å². The van der Waals surface area contributed by atoms with Crippen LogP contribution in [0.2, 0.25) is 5.02 Å². The highest BCUT2D eigenvalue weighted by molar-refractivity contribution is 7.99. The zero-order valence-corrected chi connectivity index (χ0v) is 13.9. The Kier molecular flexibility index (Phi) is 8.60. The van der Waals surface area contributed by atoms with E-state index >= 15 is 0 Å². The predicted octanol–water partition coefficient (Wildman–Crippen LogP) is 5.37. The maximum atomic E-state index is 6.34. The van der Waals surface area contributed by atoms with Gasteiger partial charge in [0.2, 0.25) is 0 Å². The van der Waals surface area contributed by atoms with E-state index < -0.39 is 0 Å². The number of benzene rings is 1. The molecule has 1 aromatic carbocycles. The minimum Gasteiger partial charge on any atom is -0.312 e. The van der Waals surface area contributed by atoms with E-state index in [0.29, 0.717) is 5.92 Å². The zero-order valence-electron chi connectivity index (χ0n) is 12.3. The molecule has 3 heteroatoms. The highest BCUT2D eigenvalue weighted by Gasteiger charge is 2.07. The lowest BCUT2D eigenvalue weighted by atomic mass is 10.2. The van der Waals surface area contributed by atoms with Gasteiger partial charge < -0.3 is 5.32 Å². The Morgan fingerprint density at radius 1 is 1.26 bits per heavy atom. The van der Waals surface area contributed by atoms with E-state index in [1.807, 2.05) is 23.9 Å². The monoisotopic (exact) mass is 299 g/mol. The molecule has 0 aliphatic heterocycles. The van der Waals surface area contributed by atoms with Crippen LogP contribution in [-0.2, 0) is 6.54 Å². The van der Waals surface area contributed by atoms with Gasteiger partial charge in [-0.15, -0.1) is 11.8 Å². The summed E-state index contributed by atoms with van der Waals surface area (Å²) in [4.78, 5) is 1.26. The third-order valence-electron chi connectivity index (χ3n) is 2.91. The van der Waals surface area contributed by atoms with Crippen molar-refractivity contribution in [1.29, 1.82) is 0 Å². The summed E-state index contributed by atoms with van der Waals surface area (Å²) < 4.78 is 0. The van der Waals surface area contributed by atoms with Crippen LogP contribution < -0.4 is 5.32 Å². The molecule has 0 unspecified atom stereocenters. The zero-order chi connectivity index (χ0) is 14.1. The van der Waals surface area contributed by atoms with Gasteiger partial charge in [0.25, 0.3) is 0 Å². The van der Waals surface area contributed by atoms with Crippen molar-refractivity contribution in [2.75, 3.05) is 12.3 Å². The van der Waals surface area contributed by atoms with E-state index in [1.54, 1.807) is 0 Å². The first-order valence-electron chi connectivity index (χ1n) is 7.26. The molecule has 0 fully saturated rings. The first-order chi connectivity index (χ1) is 9.15. The van der Waals surface area contributed by atoms with E-state index in [-0.39, 0.29) is 0 Å².